The van der Waals surface area contributed by atoms with Crippen molar-refractivity contribution in [1.29, 1.82) is 0 Å². The van der Waals surface area contributed by atoms with Crippen LogP contribution in [0.15, 0.2) is 41.6 Å². The number of sulfonamides is 1. The molecule has 0 radical (unpaired) electrons. The zero-order chi connectivity index (χ0) is 14.9. The third-order valence-corrected chi connectivity index (χ3v) is 4.81. The van der Waals surface area contributed by atoms with Crippen LogP contribution in [0.3, 0.4) is 0 Å². The molecule has 0 saturated heterocycles. The van der Waals surface area contributed by atoms with E-state index in [0.29, 0.717) is 11.3 Å². The molecule has 0 atom stereocenters. The van der Waals surface area contributed by atoms with E-state index in [0.717, 1.165) is 0 Å². The second-order valence-electron chi connectivity index (χ2n) is 4.24. The van der Waals surface area contributed by atoms with Crippen molar-refractivity contribution < 1.29 is 8.42 Å². The molecule has 1 heterocycles. The van der Waals surface area contributed by atoms with E-state index < -0.39 is 10.0 Å². The first-order chi connectivity index (χ1) is 9.32. The summed E-state index contributed by atoms with van der Waals surface area (Å²) >= 11 is 4.89. The molecular weight excluding hydrogens is 296 g/mol. The third-order valence-electron chi connectivity index (χ3n) is 2.83. The summed E-state index contributed by atoms with van der Waals surface area (Å²) in [6.07, 6.45) is 2.76. The van der Waals surface area contributed by atoms with Gasteiger partial charge in [-0.2, -0.15) is 5.10 Å². The summed E-state index contributed by atoms with van der Waals surface area (Å²) in [7, 11) is -0.515. The van der Waals surface area contributed by atoms with Crippen LogP contribution in [0.4, 0.5) is 5.69 Å². The third kappa shape index (κ3) is 2.66. The molecule has 1 aromatic carbocycles. The molecule has 6 nitrogen and oxygen atoms in total. The van der Waals surface area contributed by atoms with Gasteiger partial charge < -0.3 is 5.73 Å². The maximum absolute atomic E-state index is 12.4. The maximum atomic E-state index is 12.4. The quantitative estimate of drug-likeness (QED) is 0.848. The Morgan fingerprint density at radius 1 is 1.45 bits per heavy atom. The van der Waals surface area contributed by atoms with Crippen LogP contribution < -0.4 is 10.0 Å². The molecule has 2 N–H and O–H groups in total. The van der Waals surface area contributed by atoms with E-state index in [1.165, 1.54) is 28.4 Å². The van der Waals surface area contributed by atoms with Gasteiger partial charge in [-0.3, -0.25) is 8.99 Å². The molecule has 0 unspecified atom stereocenters. The summed E-state index contributed by atoms with van der Waals surface area (Å²) in [5, 5.41) is 3.87. The molecule has 0 spiro atoms. The Balaban J connectivity index is 2.43. The van der Waals surface area contributed by atoms with Crippen LogP contribution in [0.1, 0.15) is 5.56 Å². The molecule has 0 saturated carbocycles. The zero-order valence-electron chi connectivity index (χ0n) is 11.0. The number of rotatable bonds is 4. The molecule has 20 heavy (non-hydrogen) atoms. The van der Waals surface area contributed by atoms with Crippen LogP contribution in [0.2, 0.25) is 0 Å². The van der Waals surface area contributed by atoms with E-state index in [1.807, 2.05) is 0 Å². The van der Waals surface area contributed by atoms with Crippen LogP contribution in [-0.2, 0) is 17.1 Å². The van der Waals surface area contributed by atoms with Gasteiger partial charge in [0.2, 0.25) is 0 Å². The fourth-order valence-electron chi connectivity index (χ4n) is 1.68. The van der Waals surface area contributed by atoms with E-state index in [2.05, 4.69) is 5.10 Å². The topological polar surface area (TPSA) is 81.2 Å². The van der Waals surface area contributed by atoms with Gasteiger partial charge in [0, 0.05) is 25.9 Å². The van der Waals surface area contributed by atoms with Crippen molar-refractivity contribution in [2.75, 3.05) is 11.4 Å². The smallest absolute Gasteiger partial charge is 0.267 e. The highest BCUT2D eigenvalue weighted by Gasteiger charge is 2.23. The van der Waals surface area contributed by atoms with E-state index in [9.17, 15) is 8.42 Å². The Morgan fingerprint density at radius 2 is 2.15 bits per heavy atom. The number of hydrogen-bond acceptors (Lipinski definition) is 4. The first-order valence-corrected chi connectivity index (χ1v) is 7.54. The van der Waals surface area contributed by atoms with Crippen molar-refractivity contribution >= 4 is 32.9 Å². The van der Waals surface area contributed by atoms with Crippen LogP contribution in [0.25, 0.3) is 0 Å². The molecule has 0 bridgehead atoms. The first-order valence-electron chi connectivity index (χ1n) is 5.70. The highest BCUT2D eigenvalue weighted by Crippen LogP contribution is 2.22. The van der Waals surface area contributed by atoms with Gasteiger partial charge in [-0.25, -0.2) is 8.42 Å². The Hall–Kier alpha value is -1.93. The summed E-state index contributed by atoms with van der Waals surface area (Å²) in [5.74, 6) is 0. The molecular formula is C12H14N4O2S2. The van der Waals surface area contributed by atoms with Crippen molar-refractivity contribution in [2.24, 2.45) is 12.8 Å². The van der Waals surface area contributed by atoms with Crippen molar-refractivity contribution in [3.05, 3.63) is 42.2 Å². The molecule has 0 aliphatic carbocycles. The number of nitrogens with two attached hydrogens (primary N) is 1. The standard InChI is InChI=1S/C12H14N4O2S2/c1-15-8-11(7-14-15)20(17,18)16(2)10-5-3-4-9(6-10)12(13)19/h3-8H,1-2H3,(H2,13,19). The van der Waals surface area contributed by atoms with E-state index >= 15 is 0 Å². The van der Waals surface area contributed by atoms with Gasteiger partial charge in [-0.15, -0.1) is 0 Å². The minimum Gasteiger partial charge on any atom is -0.389 e. The van der Waals surface area contributed by atoms with Crippen molar-refractivity contribution in [3.8, 4) is 0 Å². The van der Waals surface area contributed by atoms with E-state index in [-0.39, 0.29) is 9.88 Å². The Morgan fingerprint density at radius 3 is 2.70 bits per heavy atom. The number of hydrogen-bond donors (Lipinski definition) is 1. The number of benzene rings is 1. The summed E-state index contributed by atoms with van der Waals surface area (Å²) in [5.41, 5.74) is 6.66. The van der Waals surface area contributed by atoms with Crippen molar-refractivity contribution in [2.45, 2.75) is 4.90 Å². The summed E-state index contributed by atoms with van der Waals surface area (Å²) < 4.78 is 27.5. The summed E-state index contributed by atoms with van der Waals surface area (Å²) in [6.45, 7) is 0. The predicted molar refractivity (Wildman–Crippen MR) is 81.1 cm³/mol. The minimum absolute atomic E-state index is 0.128. The molecule has 106 valence electrons. The number of nitrogens with zero attached hydrogens (tertiary/aromatic N) is 3. The monoisotopic (exact) mass is 310 g/mol. The lowest BCUT2D eigenvalue weighted by Crippen LogP contribution is -2.26. The van der Waals surface area contributed by atoms with E-state index in [4.69, 9.17) is 18.0 Å². The molecule has 2 aromatic rings. The van der Waals surface area contributed by atoms with Gasteiger partial charge in [0.15, 0.2) is 0 Å². The fraction of sp³-hybridized carbons (Fsp3) is 0.167. The highest BCUT2D eigenvalue weighted by atomic mass is 32.2. The maximum Gasteiger partial charge on any atom is 0.267 e. The fourth-order valence-corrected chi connectivity index (χ4v) is 2.98. The molecule has 8 heteroatoms. The summed E-state index contributed by atoms with van der Waals surface area (Å²) in [6, 6.07) is 6.75. The molecule has 0 amide bonds. The summed E-state index contributed by atoms with van der Waals surface area (Å²) in [4.78, 5) is 0.349. The SMILES string of the molecule is CN(c1cccc(C(N)=S)c1)S(=O)(=O)c1cnn(C)c1. The molecule has 0 aliphatic rings. The number of aromatic nitrogens is 2. The van der Waals surface area contributed by atoms with E-state index in [1.54, 1.807) is 31.3 Å². The lowest BCUT2D eigenvalue weighted by molar-refractivity contribution is 0.594. The molecule has 0 aliphatic heterocycles. The Bertz CT molecular complexity index is 752. The molecule has 0 fully saturated rings. The number of aryl methyl sites for hydroxylation is 1. The van der Waals surface area contributed by atoms with Crippen LogP contribution >= 0.6 is 12.2 Å². The van der Waals surface area contributed by atoms with Crippen LogP contribution in [-0.4, -0.2) is 30.2 Å². The molecule has 1 aromatic heterocycles. The normalized spacial score (nSPS) is 11.3. The van der Waals surface area contributed by atoms with Gasteiger partial charge in [-0.05, 0) is 12.1 Å². The minimum atomic E-state index is -3.65. The number of thiocarbonyl (C=S) groups is 1. The lowest BCUT2D eigenvalue weighted by atomic mass is 10.2. The Kier molecular flexibility index (Phi) is 3.78. The predicted octanol–water partition coefficient (Wildman–Crippen LogP) is 0.879. The first kappa shape index (κ1) is 14.5. The average molecular weight is 310 g/mol. The van der Waals surface area contributed by atoms with Gasteiger partial charge in [0.05, 0.1) is 11.9 Å². The second-order valence-corrected chi connectivity index (χ2v) is 6.65. The van der Waals surface area contributed by atoms with Crippen LogP contribution in [0, 0.1) is 0 Å². The van der Waals surface area contributed by atoms with Crippen molar-refractivity contribution in [1.82, 2.24) is 9.78 Å². The lowest BCUT2D eigenvalue weighted by Gasteiger charge is -2.19. The Labute approximate surface area is 122 Å². The highest BCUT2D eigenvalue weighted by molar-refractivity contribution is 7.92. The van der Waals surface area contributed by atoms with Gasteiger partial charge in [0.25, 0.3) is 10.0 Å². The zero-order valence-corrected chi connectivity index (χ0v) is 12.6. The second kappa shape index (κ2) is 5.22. The van der Waals surface area contributed by atoms with Crippen molar-refractivity contribution in [3.63, 3.8) is 0 Å². The van der Waals surface area contributed by atoms with Crippen LogP contribution in [0.5, 0.6) is 0 Å². The molecule has 2 rings (SSSR count). The van der Waals surface area contributed by atoms with Gasteiger partial charge in [-0.1, -0.05) is 24.4 Å². The average Bonchev–Trinajstić information content (AvgIpc) is 2.85. The number of anilines is 1. The van der Waals surface area contributed by atoms with Gasteiger partial charge >= 0.3 is 0 Å². The van der Waals surface area contributed by atoms with Gasteiger partial charge in [0.1, 0.15) is 9.88 Å². The largest absolute Gasteiger partial charge is 0.389 e.